The minimum atomic E-state index is 1.13. The van der Waals surface area contributed by atoms with Crippen molar-refractivity contribution in [3.05, 3.63) is 200 Å². The number of nitrogens with zero attached hydrogens (tertiary/aromatic N) is 2. The average molecular weight is 831 g/mol. The summed E-state index contributed by atoms with van der Waals surface area (Å²) in [6.45, 7) is 18.0. The van der Waals surface area contributed by atoms with Gasteiger partial charge in [0.1, 0.15) is 0 Å². The van der Waals surface area contributed by atoms with Crippen molar-refractivity contribution >= 4 is 67.9 Å². The van der Waals surface area contributed by atoms with Crippen LogP contribution in [0.25, 0.3) is 32.0 Å². The second-order valence-electron chi connectivity index (χ2n) is 16.9. The Balaban J connectivity index is 1.03. The fourth-order valence-corrected chi connectivity index (χ4v) is 11.6. The molecule has 2 heterocycles. The number of aryl methyl sites for hydroxylation is 6. The van der Waals surface area contributed by atoms with Gasteiger partial charge < -0.3 is 9.80 Å². The molecule has 0 saturated heterocycles. The van der Waals surface area contributed by atoms with Crippen LogP contribution in [0.5, 0.6) is 0 Å². The molecule has 9 rings (SSSR count). The second-order valence-corrected chi connectivity index (χ2v) is 19.3. The zero-order valence-electron chi connectivity index (χ0n) is 36.7. The summed E-state index contributed by atoms with van der Waals surface area (Å²) in [7, 11) is 0. The zero-order valence-corrected chi connectivity index (χ0v) is 38.3. The Morgan fingerprint density at radius 1 is 0.328 bits per heavy atom. The summed E-state index contributed by atoms with van der Waals surface area (Å²) >= 11 is 3.90. The molecule has 0 bridgehead atoms. The fraction of sp³-hybridized carbons (Fsp3) is 0.193. The van der Waals surface area contributed by atoms with Crippen LogP contribution in [0.3, 0.4) is 0 Å². The van der Waals surface area contributed by atoms with Gasteiger partial charge in [-0.25, -0.2) is 0 Å². The lowest BCUT2D eigenvalue weighted by atomic mass is 9.91. The fourth-order valence-electron chi connectivity index (χ4n) is 9.23. The number of hydrogen-bond acceptors (Lipinski definition) is 4. The second kappa shape index (κ2) is 16.8. The van der Waals surface area contributed by atoms with Crippen LogP contribution in [0.15, 0.2) is 146 Å². The van der Waals surface area contributed by atoms with Crippen LogP contribution in [0.1, 0.15) is 73.5 Å². The first-order valence-corrected chi connectivity index (χ1v) is 23.2. The van der Waals surface area contributed by atoms with E-state index in [0.29, 0.717) is 0 Å². The van der Waals surface area contributed by atoms with Gasteiger partial charge in [-0.05, 0) is 192 Å². The third kappa shape index (κ3) is 7.91. The van der Waals surface area contributed by atoms with Crippen LogP contribution in [-0.4, -0.2) is 0 Å². The molecular weight excluding hydrogens is 777 g/mol. The molecule has 0 aliphatic heterocycles. The molecule has 0 fully saturated rings. The topological polar surface area (TPSA) is 6.48 Å². The maximum atomic E-state index is 2.36. The summed E-state index contributed by atoms with van der Waals surface area (Å²) in [5, 5.41) is 0. The lowest BCUT2D eigenvalue weighted by Gasteiger charge is -2.26. The monoisotopic (exact) mass is 830 g/mol. The van der Waals surface area contributed by atoms with Gasteiger partial charge in [0, 0.05) is 53.6 Å². The minimum absolute atomic E-state index is 1.13. The van der Waals surface area contributed by atoms with E-state index in [9.17, 15) is 0 Å². The van der Waals surface area contributed by atoms with Gasteiger partial charge in [-0.1, -0.05) is 95.1 Å². The third-order valence-corrected chi connectivity index (χ3v) is 14.9. The average Bonchev–Trinajstić information content (AvgIpc) is 3.94. The normalized spacial score (nSPS) is 12.7. The van der Waals surface area contributed by atoms with E-state index in [4.69, 9.17) is 0 Å². The molecular formula is C57H54N2S2. The number of thiophene rings is 2. The predicted octanol–water partition coefficient (Wildman–Crippen LogP) is 17.6. The van der Waals surface area contributed by atoms with E-state index in [1.165, 1.54) is 81.6 Å². The van der Waals surface area contributed by atoms with E-state index in [1.807, 2.05) is 22.7 Å². The van der Waals surface area contributed by atoms with Crippen molar-refractivity contribution in [3.63, 3.8) is 0 Å². The van der Waals surface area contributed by atoms with Gasteiger partial charge in [-0.2, -0.15) is 0 Å². The molecule has 1 aliphatic rings. The Hall–Kier alpha value is -5.94. The Morgan fingerprint density at radius 2 is 0.574 bits per heavy atom. The molecule has 6 aromatic carbocycles. The molecule has 1 aliphatic carbocycles. The van der Waals surface area contributed by atoms with Crippen molar-refractivity contribution < 1.29 is 0 Å². The summed E-state index contributed by atoms with van der Waals surface area (Å²) in [4.78, 5) is 10.3. The Labute approximate surface area is 371 Å². The van der Waals surface area contributed by atoms with Crippen LogP contribution in [0.4, 0.5) is 34.1 Å². The highest BCUT2D eigenvalue weighted by Gasteiger charge is 2.28. The highest BCUT2D eigenvalue weighted by atomic mass is 32.1. The highest BCUT2D eigenvalue weighted by Crippen LogP contribution is 2.51. The van der Waals surface area contributed by atoms with Crippen molar-refractivity contribution in [1.29, 1.82) is 0 Å². The lowest BCUT2D eigenvalue weighted by molar-refractivity contribution is 0.940. The maximum Gasteiger partial charge on any atom is 0.0462 e. The van der Waals surface area contributed by atoms with E-state index < -0.39 is 0 Å². The standard InChI is InChI=1S/C57H54N2S2/c1-36-12-24-46(25-13-36)58(47-26-14-37(2)15-27-47)50-32-20-44(21-33-50)56-40(5)54(42(7)60-56)52-10-9-11-53(52)55-41(6)57(61-43(55)8)45-22-34-51(35-23-45)59(48-28-16-38(3)17-29-48)49-30-18-39(4)19-31-49/h12-35H,9-11H2,1-8H3. The molecule has 0 amide bonds. The van der Waals surface area contributed by atoms with Crippen LogP contribution in [0, 0.1) is 55.4 Å². The van der Waals surface area contributed by atoms with Gasteiger partial charge in [-0.3, -0.25) is 0 Å². The number of benzene rings is 6. The first kappa shape index (κ1) is 40.5. The molecule has 2 nitrogen and oxygen atoms in total. The van der Waals surface area contributed by atoms with Crippen molar-refractivity contribution in [1.82, 2.24) is 0 Å². The van der Waals surface area contributed by atoms with Crippen LogP contribution in [-0.2, 0) is 0 Å². The largest absolute Gasteiger partial charge is 0.311 e. The number of allylic oxidation sites excluding steroid dienone is 2. The maximum absolute atomic E-state index is 2.36. The molecule has 0 radical (unpaired) electrons. The van der Waals surface area contributed by atoms with Crippen LogP contribution in [0.2, 0.25) is 0 Å². The molecule has 61 heavy (non-hydrogen) atoms. The summed E-state index contributed by atoms with van der Waals surface area (Å²) in [6, 6.07) is 53.8. The smallest absolute Gasteiger partial charge is 0.0462 e. The first-order chi connectivity index (χ1) is 29.5. The Morgan fingerprint density at radius 3 is 0.836 bits per heavy atom. The van der Waals surface area contributed by atoms with Gasteiger partial charge in [0.25, 0.3) is 0 Å². The molecule has 4 heteroatoms. The Bertz CT molecular complexity index is 2560. The molecule has 0 unspecified atom stereocenters. The van der Waals surface area contributed by atoms with E-state index in [-0.39, 0.29) is 0 Å². The summed E-state index contributed by atoms with van der Waals surface area (Å²) in [6.07, 6.45) is 3.45. The van der Waals surface area contributed by atoms with Crippen LogP contribution >= 0.6 is 22.7 Å². The predicted molar refractivity (Wildman–Crippen MR) is 267 cm³/mol. The van der Waals surface area contributed by atoms with E-state index in [1.54, 1.807) is 11.1 Å². The summed E-state index contributed by atoms with van der Waals surface area (Å²) in [5.74, 6) is 0. The molecule has 8 aromatic rings. The minimum Gasteiger partial charge on any atom is -0.311 e. The summed E-state index contributed by atoms with van der Waals surface area (Å²) in [5.41, 5.74) is 23.5. The third-order valence-electron chi connectivity index (χ3n) is 12.4. The lowest BCUT2D eigenvalue weighted by Crippen LogP contribution is -2.09. The van der Waals surface area contributed by atoms with Gasteiger partial charge in [0.05, 0.1) is 0 Å². The van der Waals surface area contributed by atoms with Crippen molar-refractivity contribution in [2.75, 3.05) is 9.80 Å². The summed E-state index contributed by atoms with van der Waals surface area (Å²) < 4.78 is 0. The van der Waals surface area contributed by atoms with Gasteiger partial charge >= 0.3 is 0 Å². The van der Waals surface area contributed by atoms with Crippen LogP contribution < -0.4 is 9.80 Å². The highest BCUT2D eigenvalue weighted by molar-refractivity contribution is 7.16. The first-order valence-electron chi connectivity index (χ1n) is 21.5. The van der Waals surface area contributed by atoms with Crippen molar-refractivity contribution in [3.8, 4) is 20.9 Å². The number of rotatable bonds is 10. The zero-order chi connectivity index (χ0) is 42.4. The molecule has 2 aromatic heterocycles. The van der Waals surface area contributed by atoms with Gasteiger partial charge in [0.15, 0.2) is 0 Å². The van der Waals surface area contributed by atoms with E-state index >= 15 is 0 Å². The quantitative estimate of drug-likeness (QED) is 0.135. The molecule has 0 spiro atoms. The number of hydrogen-bond donors (Lipinski definition) is 0. The molecule has 0 saturated carbocycles. The Kier molecular flexibility index (Phi) is 11.2. The van der Waals surface area contributed by atoms with Crippen molar-refractivity contribution in [2.45, 2.75) is 74.7 Å². The van der Waals surface area contributed by atoms with Gasteiger partial charge in [0.2, 0.25) is 0 Å². The van der Waals surface area contributed by atoms with Gasteiger partial charge in [-0.15, -0.1) is 22.7 Å². The molecule has 0 atom stereocenters. The molecule has 0 N–H and O–H groups in total. The molecule has 304 valence electrons. The number of anilines is 6. The SMILES string of the molecule is Cc1ccc(N(c2ccc(C)cc2)c2ccc(-c3sc(C)c(C4=C(c5c(C)sc(-c6ccc(N(c7ccc(C)cc7)c7ccc(C)cc7)cc6)c5C)CCC4)c3C)cc2)cc1. The van der Waals surface area contributed by atoms with E-state index in [0.717, 1.165) is 47.0 Å². The van der Waals surface area contributed by atoms with Crippen molar-refractivity contribution in [2.24, 2.45) is 0 Å². The van der Waals surface area contributed by atoms with E-state index in [2.05, 4.69) is 211 Å².